The first-order valence-electron chi connectivity index (χ1n) is 8.32. The third-order valence-corrected chi connectivity index (χ3v) is 4.72. The van der Waals surface area contributed by atoms with Crippen LogP contribution in [0.2, 0.25) is 5.02 Å². The molecule has 1 aliphatic carbocycles. The van der Waals surface area contributed by atoms with E-state index in [1.165, 1.54) is 6.26 Å². The van der Waals surface area contributed by atoms with E-state index in [2.05, 4.69) is 5.32 Å². The van der Waals surface area contributed by atoms with Crippen LogP contribution in [0.3, 0.4) is 0 Å². The van der Waals surface area contributed by atoms with E-state index in [0.717, 1.165) is 35.8 Å². The number of amides is 1. The molecule has 0 saturated carbocycles. The molecule has 26 heavy (non-hydrogen) atoms. The highest BCUT2D eigenvalue weighted by Gasteiger charge is 2.21. The van der Waals surface area contributed by atoms with Gasteiger partial charge in [0.05, 0.1) is 17.8 Å². The quantitative estimate of drug-likeness (QED) is 0.694. The lowest BCUT2D eigenvalue weighted by Gasteiger charge is -2.10. The average molecular weight is 374 g/mol. The Morgan fingerprint density at radius 2 is 2.12 bits per heavy atom. The number of furan rings is 1. The Morgan fingerprint density at radius 3 is 2.92 bits per heavy atom. The van der Waals surface area contributed by atoms with Crippen LogP contribution >= 0.6 is 11.6 Å². The van der Waals surface area contributed by atoms with Gasteiger partial charge in [0.2, 0.25) is 0 Å². The second-order valence-corrected chi connectivity index (χ2v) is 6.53. The van der Waals surface area contributed by atoms with E-state index in [4.69, 9.17) is 25.2 Å². The van der Waals surface area contributed by atoms with Crippen molar-refractivity contribution in [3.63, 3.8) is 0 Å². The van der Waals surface area contributed by atoms with Gasteiger partial charge in [0.1, 0.15) is 17.1 Å². The highest BCUT2D eigenvalue weighted by molar-refractivity contribution is 6.32. The highest BCUT2D eigenvalue weighted by atomic mass is 35.5. The molecule has 1 aliphatic rings. The number of aryl methyl sites for hydroxylation is 1. The van der Waals surface area contributed by atoms with Crippen molar-refractivity contribution in [1.29, 1.82) is 0 Å². The molecular weight excluding hydrogens is 358 g/mol. The summed E-state index contributed by atoms with van der Waals surface area (Å²) in [7, 11) is 0. The Labute approximate surface area is 153 Å². The molecule has 7 heteroatoms. The predicted molar refractivity (Wildman–Crippen MR) is 95.6 cm³/mol. The standard InChI is InChI=1S/C19H16ClNO5/c20-15-7-14-12-4-1-5-13(12)19(23)26-16(14)8-17(15)25-10-18(22)21-9-11-3-2-6-24-11/h2-3,6-8H,1,4-5,9-10H2,(H,21,22). The van der Waals surface area contributed by atoms with Crippen LogP contribution in [0.5, 0.6) is 5.75 Å². The maximum Gasteiger partial charge on any atom is 0.339 e. The van der Waals surface area contributed by atoms with Crippen LogP contribution in [0.15, 0.2) is 44.2 Å². The van der Waals surface area contributed by atoms with Crippen molar-refractivity contribution in [2.75, 3.05) is 6.61 Å². The van der Waals surface area contributed by atoms with Crippen LogP contribution in [0.4, 0.5) is 0 Å². The smallest absolute Gasteiger partial charge is 0.339 e. The lowest BCUT2D eigenvalue weighted by Crippen LogP contribution is -2.28. The fourth-order valence-electron chi connectivity index (χ4n) is 3.19. The Balaban J connectivity index is 1.50. The van der Waals surface area contributed by atoms with Gasteiger partial charge in [-0.2, -0.15) is 0 Å². The SMILES string of the molecule is O=C(COc1cc2oc(=O)c3c(c2cc1Cl)CCC3)NCc1ccco1. The van der Waals surface area contributed by atoms with Crippen LogP contribution in [0, 0.1) is 0 Å². The first-order chi connectivity index (χ1) is 12.6. The van der Waals surface area contributed by atoms with Gasteiger partial charge in [-0.1, -0.05) is 11.6 Å². The summed E-state index contributed by atoms with van der Waals surface area (Å²) in [5, 5.41) is 3.89. The zero-order chi connectivity index (χ0) is 18.1. The van der Waals surface area contributed by atoms with Gasteiger partial charge in [0.25, 0.3) is 5.91 Å². The van der Waals surface area contributed by atoms with Crippen molar-refractivity contribution >= 4 is 28.5 Å². The number of carbonyl (C=O) groups excluding carboxylic acids is 1. The number of halogens is 1. The number of rotatable bonds is 5. The third kappa shape index (κ3) is 3.20. The van der Waals surface area contributed by atoms with Crippen LogP contribution in [-0.4, -0.2) is 12.5 Å². The number of hydrogen-bond acceptors (Lipinski definition) is 5. The second-order valence-electron chi connectivity index (χ2n) is 6.12. The molecule has 0 aliphatic heterocycles. The topological polar surface area (TPSA) is 81.7 Å². The molecule has 6 nitrogen and oxygen atoms in total. The molecule has 0 saturated heterocycles. The van der Waals surface area contributed by atoms with E-state index in [1.54, 1.807) is 24.3 Å². The molecule has 0 unspecified atom stereocenters. The Kier molecular flexibility index (Phi) is 4.42. The Morgan fingerprint density at radius 1 is 1.27 bits per heavy atom. The maximum absolute atomic E-state index is 12.1. The van der Waals surface area contributed by atoms with E-state index >= 15 is 0 Å². The fourth-order valence-corrected chi connectivity index (χ4v) is 3.40. The minimum absolute atomic E-state index is 0.207. The molecule has 0 atom stereocenters. The fraction of sp³-hybridized carbons (Fsp3) is 0.263. The molecule has 1 amide bonds. The minimum atomic E-state index is -0.312. The molecular formula is C19H16ClNO5. The maximum atomic E-state index is 12.1. The second kappa shape index (κ2) is 6.88. The Hall–Kier alpha value is -2.73. The number of hydrogen-bond donors (Lipinski definition) is 1. The van der Waals surface area contributed by atoms with Crippen LogP contribution in [-0.2, 0) is 24.2 Å². The molecule has 0 fully saturated rings. The lowest BCUT2D eigenvalue weighted by molar-refractivity contribution is -0.123. The Bertz CT molecular complexity index is 1020. The highest BCUT2D eigenvalue weighted by Crippen LogP contribution is 2.34. The summed E-state index contributed by atoms with van der Waals surface area (Å²) in [6.45, 7) is 0.0722. The summed E-state index contributed by atoms with van der Waals surface area (Å²) < 4.78 is 16.0. The summed E-state index contributed by atoms with van der Waals surface area (Å²) in [6.07, 6.45) is 4.05. The zero-order valence-electron chi connectivity index (χ0n) is 13.8. The van der Waals surface area contributed by atoms with Crippen molar-refractivity contribution in [3.05, 3.63) is 62.9 Å². The predicted octanol–water partition coefficient (Wildman–Crippen LogP) is 3.22. The monoisotopic (exact) mass is 373 g/mol. The summed E-state index contributed by atoms with van der Waals surface area (Å²) in [5.74, 6) is 0.638. The van der Waals surface area contributed by atoms with Gasteiger partial charge in [-0.05, 0) is 43.0 Å². The molecule has 4 rings (SSSR count). The van der Waals surface area contributed by atoms with Crippen LogP contribution < -0.4 is 15.7 Å². The van der Waals surface area contributed by atoms with Crippen molar-refractivity contribution in [2.24, 2.45) is 0 Å². The van der Waals surface area contributed by atoms with Gasteiger partial charge in [0, 0.05) is 17.0 Å². The van der Waals surface area contributed by atoms with E-state index in [1.807, 2.05) is 0 Å². The number of fused-ring (bicyclic) bond motifs is 3. The molecule has 2 aromatic heterocycles. The summed E-state index contributed by atoms with van der Waals surface area (Å²) in [5.41, 5.74) is 1.85. The van der Waals surface area contributed by atoms with Crippen molar-refractivity contribution in [2.45, 2.75) is 25.8 Å². The van der Waals surface area contributed by atoms with E-state index in [9.17, 15) is 9.59 Å². The first-order valence-corrected chi connectivity index (χ1v) is 8.69. The average Bonchev–Trinajstić information content (AvgIpc) is 3.31. The zero-order valence-corrected chi connectivity index (χ0v) is 14.6. The van der Waals surface area contributed by atoms with Gasteiger partial charge in [-0.15, -0.1) is 0 Å². The van der Waals surface area contributed by atoms with Crippen LogP contribution in [0.25, 0.3) is 11.0 Å². The number of carbonyl (C=O) groups is 1. The molecule has 1 N–H and O–H groups in total. The largest absolute Gasteiger partial charge is 0.482 e. The molecule has 1 aromatic carbocycles. The van der Waals surface area contributed by atoms with Crippen molar-refractivity contribution < 1.29 is 18.4 Å². The van der Waals surface area contributed by atoms with Crippen molar-refractivity contribution in [1.82, 2.24) is 5.32 Å². The molecule has 134 valence electrons. The first kappa shape index (κ1) is 16.7. The summed E-state index contributed by atoms with van der Waals surface area (Å²) >= 11 is 6.29. The minimum Gasteiger partial charge on any atom is -0.482 e. The molecule has 2 heterocycles. The molecule has 0 bridgehead atoms. The van der Waals surface area contributed by atoms with E-state index < -0.39 is 0 Å². The van der Waals surface area contributed by atoms with E-state index in [0.29, 0.717) is 22.1 Å². The normalized spacial score (nSPS) is 13.0. The lowest BCUT2D eigenvalue weighted by atomic mass is 10.1. The van der Waals surface area contributed by atoms with Gasteiger partial charge in [-0.25, -0.2) is 4.79 Å². The molecule has 0 spiro atoms. The number of ether oxygens (including phenoxy) is 1. The van der Waals surface area contributed by atoms with Crippen molar-refractivity contribution in [3.8, 4) is 5.75 Å². The van der Waals surface area contributed by atoms with Crippen LogP contribution in [0.1, 0.15) is 23.3 Å². The van der Waals surface area contributed by atoms with Gasteiger partial charge >= 0.3 is 5.63 Å². The third-order valence-electron chi connectivity index (χ3n) is 4.42. The molecule has 3 aromatic rings. The number of nitrogens with one attached hydrogen (secondary N) is 1. The number of benzene rings is 1. The van der Waals surface area contributed by atoms with E-state index in [-0.39, 0.29) is 24.7 Å². The molecule has 0 radical (unpaired) electrons. The van der Waals surface area contributed by atoms with Gasteiger partial charge in [0.15, 0.2) is 6.61 Å². The summed E-state index contributed by atoms with van der Waals surface area (Å²) in [6, 6.07) is 6.82. The van der Waals surface area contributed by atoms with Gasteiger partial charge < -0.3 is 18.9 Å². The van der Waals surface area contributed by atoms with Gasteiger partial charge in [-0.3, -0.25) is 4.79 Å². The summed E-state index contributed by atoms with van der Waals surface area (Å²) in [4.78, 5) is 24.0.